The van der Waals surface area contributed by atoms with E-state index in [-0.39, 0.29) is 37.2 Å². The number of carboxylic acid groups (broad SMARTS) is 1. The van der Waals surface area contributed by atoms with Crippen molar-refractivity contribution in [2.24, 2.45) is 0 Å². The van der Waals surface area contributed by atoms with Crippen molar-refractivity contribution >= 4 is 17.6 Å². The molecule has 190 valence electrons. The van der Waals surface area contributed by atoms with Crippen molar-refractivity contribution in [1.29, 1.82) is 0 Å². The van der Waals surface area contributed by atoms with Crippen LogP contribution >= 0.6 is 0 Å². The van der Waals surface area contributed by atoms with Crippen LogP contribution in [-0.4, -0.2) is 29.6 Å². The summed E-state index contributed by atoms with van der Waals surface area (Å²) < 4.78 is 127. The predicted molar refractivity (Wildman–Crippen MR) is 101 cm³/mol. The lowest BCUT2D eigenvalue weighted by Crippen LogP contribution is -2.33. The summed E-state index contributed by atoms with van der Waals surface area (Å²) in [4.78, 5) is 24.7. The van der Waals surface area contributed by atoms with Gasteiger partial charge >= 0.3 is 24.5 Å². The van der Waals surface area contributed by atoms with E-state index in [1.807, 2.05) is 0 Å². The molecule has 1 aliphatic rings. The molecule has 2 aromatic carbocycles. The highest BCUT2D eigenvalue weighted by Crippen LogP contribution is 2.50. The molecular formula is C21H14F9NO4. The van der Waals surface area contributed by atoms with Gasteiger partial charge in [-0.3, -0.25) is 4.79 Å². The number of hydrogen-bond acceptors (Lipinski definition) is 3. The zero-order valence-corrected chi connectivity index (χ0v) is 17.4. The Kier molecular flexibility index (Phi) is 6.46. The molecule has 1 N–H and O–H groups in total. The molecule has 14 heteroatoms. The molecule has 1 amide bonds. The first-order chi connectivity index (χ1) is 15.9. The van der Waals surface area contributed by atoms with E-state index in [1.165, 1.54) is 18.2 Å². The summed E-state index contributed by atoms with van der Waals surface area (Å²) >= 11 is 0. The highest BCUT2D eigenvalue weighted by molar-refractivity contribution is 6.00. The number of anilines is 1. The number of alkyl halides is 9. The molecule has 0 saturated carbocycles. The molecule has 5 nitrogen and oxygen atoms in total. The second kappa shape index (κ2) is 8.64. The normalized spacial score (nSPS) is 17.1. The minimum atomic E-state index is -5.82. The molecule has 1 atom stereocenters. The molecule has 1 unspecified atom stereocenters. The van der Waals surface area contributed by atoms with Crippen molar-refractivity contribution in [2.45, 2.75) is 38.0 Å². The fourth-order valence-corrected chi connectivity index (χ4v) is 3.76. The molecule has 0 aliphatic carbocycles. The van der Waals surface area contributed by atoms with Crippen LogP contribution in [0.2, 0.25) is 0 Å². The van der Waals surface area contributed by atoms with Crippen molar-refractivity contribution in [2.75, 3.05) is 11.4 Å². The predicted octanol–water partition coefficient (Wildman–Crippen LogP) is 5.93. The van der Waals surface area contributed by atoms with Gasteiger partial charge in [-0.25, -0.2) is 4.79 Å². The maximum atomic E-state index is 13.7. The number of rotatable bonds is 4. The average Bonchev–Trinajstić information content (AvgIpc) is 3.06. The number of hydrogen-bond donors (Lipinski definition) is 1. The molecule has 1 heterocycles. The highest BCUT2D eigenvalue weighted by atomic mass is 19.4. The molecule has 0 radical (unpaired) electrons. The number of aromatic carboxylic acids is 1. The van der Waals surface area contributed by atoms with E-state index in [1.54, 1.807) is 0 Å². The smallest absolute Gasteiger partial charge is 0.420 e. The van der Waals surface area contributed by atoms with E-state index in [9.17, 15) is 49.1 Å². The number of ether oxygens (including phenoxy) is 1. The Morgan fingerprint density at radius 1 is 0.971 bits per heavy atom. The van der Waals surface area contributed by atoms with E-state index < -0.39 is 64.5 Å². The maximum Gasteiger partial charge on any atom is 0.420 e. The Morgan fingerprint density at radius 3 is 2.09 bits per heavy atom. The summed E-state index contributed by atoms with van der Waals surface area (Å²) in [5.74, 6) is -4.20. The van der Waals surface area contributed by atoms with Gasteiger partial charge in [-0.15, -0.1) is 0 Å². The number of carboxylic acids is 1. The van der Waals surface area contributed by atoms with Gasteiger partial charge < -0.3 is 14.7 Å². The molecule has 0 bridgehead atoms. The van der Waals surface area contributed by atoms with Crippen LogP contribution < -0.4 is 9.64 Å². The topological polar surface area (TPSA) is 66.8 Å². The largest absolute Gasteiger partial charge is 0.480 e. The zero-order chi connectivity index (χ0) is 26.5. The molecule has 0 aromatic heterocycles. The molecule has 35 heavy (non-hydrogen) atoms. The minimum Gasteiger partial charge on any atom is -0.480 e. The van der Waals surface area contributed by atoms with Gasteiger partial charge in [0.2, 0.25) is 0 Å². The monoisotopic (exact) mass is 515 g/mol. The van der Waals surface area contributed by atoms with Crippen LogP contribution in [0, 0.1) is 6.92 Å². The molecule has 2 aromatic rings. The van der Waals surface area contributed by atoms with Crippen molar-refractivity contribution in [3.63, 3.8) is 0 Å². The van der Waals surface area contributed by atoms with E-state index in [2.05, 4.69) is 0 Å². The summed E-state index contributed by atoms with van der Waals surface area (Å²) in [6, 6.07) is 4.63. The second-order valence-electron chi connectivity index (χ2n) is 7.53. The standard InChI is InChI=1S/C21H14F9NO4/c1-9-12(19(22,23)24)8-14(16(21(28,29)30)15(9)20(25,26)27)35-13-5-6-31(17(13)32)11-4-2-3-10(7-11)18(33)34/h2-4,7-8,13H,5-6H2,1H3,(H,33,34). The van der Waals surface area contributed by atoms with E-state index >= 15 is 0 Å². The average molecular weight is 515 g/mol. The third-order valence-corrected chi connectivity index (χ3v) is 5.25. The molecule has 0 spiro atoms. The Morgan fingerprint density at radius 2 is 1.57 bits per heavy atom. The number of carbonyl (C=O) groups is 2. The number of halogens is 9. The summed E-state index contributed by atoms with van der Waals surface area (Å²) in [7, 11) is 0. The molecular weight excluding hydrogens is 501 g/mol. The van der Waals surface area contributed by atoms with Crippen molar-refractivity contribution in [3.05, 3.63) is 58.1 Å². The highest BCUT2D eigenvalue weighted by Gasteiger charge is 2.50. The Balaban J connectivity index is 2.09. The van der Waals surface area contributed by atoms with Gasteiger partial charge in [0.05, 0.1) is 16.7 Å². The van der Waals surface area contributed by atoms with Crippen LogP contribution in [0.25, 0.3) is 0 Å². The van der Waals surface area contributed by atoms with Gasteiger partial charge in [0, 0.05) is 18.7 Å². The molecule has 1 fully saturated rings. The zero-order valence-electron chi connectivity index (χ0n) is 17.4. The van der Waals surface area contributed by atoms with Gasteiger partial charge in [-0.2, -0.15) is 39.5 Å². The molecule has 1 saturated heterocycles. The van der Waals surface area contributed by atoms with Gasteiger partial charge in [-0.1, -0.05) is 6.07 Å². The van der Waals surface area contributed by atoms with Crippen LogP contribution in [0.5, 0.6) is 5.75 Å². The summed E-state index contributed by atoms with van der Waals surface area (Å²) in [5, 5.41) is 9.06. The first-order valence-electron chi connectivity index (χ1n) is 9.63. The lowest BCUT2D eigenvalue weighted by molar-refractivity contribution is -0.165. The summed E-state index contributed by atoms with van der Waals surface area (Å²) in [6.45, 7) is 0.0284. The lowest BCUT2D eigenvalue weighted by Gasteiger charge is -2.25. The quantitative estimate of drug-likeness (QED) is 0.513. The van der Waals surface area contributed by atoms with Crippen molar-refractivity contribution in [3.8, 4) is 5.75 Å². The fraction of sp³-hybridized carbons (Fsp3) is 0.333. The van der Waals surface area contributed by atoms with Crippen LogP contribution in [-0.2, 0) is 23.3 Å². The van der Waals surface area contributed by atoms with Crippen molar-refractivity contribution in [1.82, 2.24) is 0 Å². The lowest BCUT2D eigenvalue weighted by atomic mass is 9.94. The number of carbonyl (C=O) groups excluding carboxylic acids is 1. The van der Waals surface area contributed by atoms with E-state index in [0.717, 1.165) is 11.0 Å². The second-order valence-corrected chi connectivity index (χ2v) is 7.53. The third-order valence-electron chi connectivity index (χ3n) is 5.25. The fourth-order valence-electron chi connectivity index (χ4n) is 3.76. The van der Waals surface area contributed by atoms with E-state index in [0.29, 0.717) is 0 Å². The SMILES string of the molecule is Cc1c(C(F)(F)F)cc(OC2CCN(c3cccc(C(=O)O)c3)C2=O)c(C(F)(F)F)c1C(F)(F)F. The van der Waals surface area contributed by atoms with Crippen LogP contribution in [0.4, 0.5) is 45.2 Å². The van der Waals surface area contributed by atoms with Gasteiger partial charge in [0.15, 0.2) is 6.10 Å². The van der Waals surface area contributed by atoms with Crippen LogP contribution in [0.3, 0.4) is 0 Å². The summed E-state index contributed by atoms with van der Waals surface area (Å²) in [6.07, 6.45) is -19.3. The Bertz CT molecular complexity index is 1170. The third kappa shape index (κ3) is 5.15. The van der Waals surface area contributed by atoms with Gasteiger partial charge in [-0.05, 0) is 36.8 Å². The van der Waals surface area contributed by atoms with Crippen LogP contribution in [0.1, 0.15) is 39.0 Å². The van der Waals surface area contributed by atoms with Crippen molar-refractivity contribution < 1.29 is 58.9 Å². The number of nitrogens with zero attached hydrogens (tertiary/aromatic N) is 1. The molecule has 3 rings (SSSR count). The Hall–Kier alpha value is -3.45. The number of benzene rings is 2. The maximum absolute atomic E-state index is 13.7. The van der Waals surface area contributed by atoms with E-state index in [4.69, 9.17) is 9.84 Å². The molecule has 1 aliphatic heterocycles. The number of amides is 1. The van der Waals surface area contributed by atoms with Crippen LogP contribution in [0.15, 0.2) is 30.3 Å². The first-order valence-corrected chi connectivity index (χ1v) is 9.63. The van der Waals surface area contributed by atoms with Gasteiger partial charge in [0.25, 0.3) is 5.91 Å². The van der Waals surface area contributed by atoms with Gasteiger partial charge in [0.1, 0.15) is 11.3 Å². The minimum absolute atomic E-state index is 0.00733. The first kappa shape index (κ1) is 26.2. The Labute approximate surface area is 190 Å². The summed E-state index contributed by atoms with van der Waals surface area (Å²) in [5.41, 5.74) is -8.95.